The molecule has 2 aromatic carbocycles. The summed E-state index contributed by atoms with van der Waals surface area (Å²) >= 11 is 0. The fourth-order valence-corrected chi connectivity index (χ4v) is 3.67. The Labute approximate surface area is 196 Å². The molecule has 0 bridgehead atoms. The van der Waals surface area contributed by atoms with Crippen LogP contribution >= 0.6 is 0 Å². The molecular weight excluding hydrogens is 422 g/mol. The third kappa shape index (κ3) is 11.2. The SMILES string of the molecule is CCc1cccc(CNCC(O)CNC(=O)CC2=CCCCC2)c1.Cc1cc(F)cc(F)c1. The van der Waals surface area contributed by atoms with Gasteiger partial charge in [0.1, 0.15) is 11.6 Å². The molecule has 0 saturated carbocycles. The van der Waals surface area contributed by atoms with Crippen LogP contribution in [0.1, 0.15) is 55.7 Å². The van der Waals surface area contributed by atoms with Crippen LogP contribution in [0, 0.1) is 18.6 Å². The van der Waals surface area contributed by atoms with E-state index in [-0.39, 0.29) is 5.91 Å². The number of halogens is 2. The molecule has 180 valence electrons. The lowest BCUT2D eigenvalue weighted by atomic mass is 9.97. The first-order chi connectivity index (χ1) is 15.9. The van der Waals surface area contributed by atoms with E-state index >= 15 is 0 Å². The third-order valence-corrected chi connectivity index (χ3v) is 5.42. The Hall–Kier alpha value is -2.57. The van der Waals surface area contributed by atoms with E-state index < -0.39 is 17.7 Å². The van der Waals surface area contributed by atoms with E-state index in [0.717, 1.165) is 31.9 Å². The first-order valence-corrected chi connectivity index (χ1v) is 11.7. The van der Waals surface area contributed by atoms with Crippen LogP contribution in [0.2, 0.25) is 0 Å². The number of rotatable bonds is 9. The van der Waals surface area contributed by atoms with Gasteiger partial charge in [-0.25, -0.2) is 8.78 Å². The van der Waals surface area contributed by atoms with E-state index in [4.69, 9.17) is 0 Å². The number of hydrogen-bond acceptors (Lipinski definition) is 3. The molecule has 1 unspecified atom stereocenters. The minimum atomic E-state index is -0.566. The highest BCUT2D eigenvalue weighted by Crippen LogP contribution is 2.19. The van der Waals surface area contributed by atoms with Gasteiger partial charge >= 0.3 is 0 Å². The molecule has 4 nitrogen and oxygen atoms in total. The Kier molecular flexibility index (Phi) is 11.8. The van der Waals surface area contributed by atoms with Crippen molar-refractivity contribution >= 4 is 5.91 Å². The molecule has 0 saturated heterocycles. The summed E-state index contributed by atoms with van der Waals surface area (Å²) < 4.78 is 24.4. The van der Waals surface area contributed by atoms with Crippen LogP contribution < -0.4 is 10.6 Å². The molecule has 1 aliphatic carbocycles. The monoisotopic (exact) mass is 458 g/mol. The zero-order valence-corrected chi connectivity index (χ0v) is 19.7. The lowest BCUT2D eigenvalue weighted by molar-refractivity contribution is -0.120. The van der Waals surface area contributed by atoms with Crippen molar-refractivity contribution in [3.63, 3.8) is 0 Å². The highest BCUT2D eigenvalue weighted by molar-refractivity contribution is 5.78. The number of carbonyl (C=O) groups excluding carboxylic acids is 1. The molecule has 0 radical (unpaired) electrons. The molecule has 1 atom stereocenters. The summed E-state index contributed by atoms with van der Waals surface area (Å²) in [5.41, 5.74) is 4.38. The highest BCUT2D eigenvalue weighted by Gasteiger charge is 2.11. The lowest BCUT2D eigenvalue weighted by Gasteiger charge is -2.15. The first kappa shape index (κ1) is 26.7. The average molecular weight is 459 g/mol. The number of aryl methyl sites for hydroxylation is 2. The van der Waals surface area contributed by atoms with Gasteiger partial charge in [0.25, 0.3) is 0 Å². The van der Waals surface area contributed by atoms with E-state index in [1.54, 1.807) is 6.92 Å². The van der Waals surface area contributed by atoms with Crippen LogP contribution in [-0.2, 0) is 17.8 Å². The van der Waals surface area contributed by atoms with Crippen LogP contribution in [0.25, 0.3) is 0 Å². The minimum absolute atomic E-state index is 0.0119. The Morgan fingerprint density at radius 1 is 1.06 bits per heavy atom. The Morgan fingerprint density at radius 3 is 2.42 bits per heavy atom. The van der Waals surface area contributed by atoms with Crippen molar-refractivity contribution in [3.8, 4) is 0 Å². The lowest BCUT2D eigenvalue weighted by Crippen LogP contribution is -2.38. The molecule has 1 aliphatic rings. The van der Waals surface area contributed by atoms with Gasteiger partial charge < -0.3 is 15.7 Å². The Bertz CT molecular complexity index is 864. The molecule has 1 amide bonds. The second-order valence-corrected chi connectivity index (χ2v) is 8.49. The van der Waals surface area contributed by atoms with Gasteiger partial charge in [-0.05, 0) is 67.9 Å². The van der Waals surface area contributed by atoms with Crippen LogP contribution in [0.3, 0.4) is 0 Å². The smallest absolute Gasteiger partial charge is 0.224 e. The summed E-state index contributed by atoms with van der Waals surface area (Å²) in [5.74, 6) is -1.03. The minimum Gasteiger partial charge on any atom is -0.390 e. The van der Waals surface area contributed by atoms with Crippen molar-refractivity contribution in [2.24, 2.45) is 0 Å². The van der Waals surface area contributed by atoms with Crippen molar-refractivity contribution in [2.75, 3.05) is 13.1 Å². The predicted molar refractivity (Wildman–Crippen MR) is 129 cm³/mol. The van der Waals surface area contributed by atoms with Crippen LogP contribution in [0.5, 0.6) is 0 Å². The highest BCUT2D eigenvalue weighted by atomic mass is 19.1. The molecule has 3 N–H and O–H groups in total. The van der Waals surface area contributed by atoms with Gasteiger partial charge in [0.05, 0.1) is 6.10 Å². The summed E-state index contributed by atoms with van der Waals surface area (Å²) in [6, 6.07) is 11.9. The van der Waals surface area contributed by atoms with Crippen molar-refractivity contribution in [1.29, 1.82) is 0 Å². The number of hydrogen-bond donors (Lipinski definition) is 3. The van der Waals surface area contributed by atoms with Crippen LogP contribution in [0.4, 0.5) is 8.78 Å². The maximum atomic E-state index is 12.2. The fourth-order valence-electron chi connectivity index (χ4n) is 3.67. The van der Waals surface area contributed by atoms with E-state index in [0.29, 0.717) is 25.1 Å². The van der Waals surface area contributed by atoms with Crippen molar-refractivity contribution < 1.29 is 18.7 Å². The summed E-state index contributed by atoms with van der Waals surface area (Å²) in [6.45, 7) is 5.29. The second-order valence-electron chi connectivity index (χ2n) is 8.49. The van der Waals surface area contributed by atoms with Gasteiger partial charge in [0.15, 0.2) is 0 Å². The number of amides is 1. The maximum absolute atomic E-state index is 12.2. The van der Waals surface area contributed by atoms with Crippen LogP contribution in [0.15, 0.2) is 54.1 Å². The van der Waals surface area contributed by atoms with Crippen molar-refractivity contribution in [3.05, 3.63) is 82.4 Å². The number of carbonyl (C=O) groups is 1. The molecule has 0 spiro atoms. The van der Waals surface area contributed by atoms with Gasteiger partial charge in [-0.15, -0.1) is 0 Å². The summed E-state index contributed by atoms with van der Waals surface area (Å²) in [7, 11) is 0. The van der Waals surface area contributed by atoms with E-state index in [1.807, 2.05) is 0 Å². The van der Waals surface area contributed by atoms with Gasteiger partial charge in [-0.1, -0.05) is 42.8 Å². The number of allylic oxidation sites excluding steroid dienone is 1. The largest absolute Gasteiger partial charge is 0.390 e. The molecule has 0 fully saturated rings. The number of aliphatic hydroxyl groups is 1. The quantitative estimate of drug-likeness (QED) is 0.465. The average Bonchev–Trinajstić information content (AvgIpc) is 2.78. The summed E-state index contributed by atoms with van der Waals surface area (Å²) in [6.07, 6.45) is 7.67. The van der Waals surface area contributed by atoms with Gasteiger partial charge in [0.2, 0.25) is 5.91 Å². The van der Waals surface area contributed by atoms with E-state index in [9.17, 15) is 18.7 Å². The van der Waals surface area contributed by atoms with Crippen LogP contribution in [-0.4, -0.2) is 30.2 Å². The molecule has 6 heteroatoms. The van der Waals surface area contributed by atoms with Gasteiger partial charge in [-0.3, -0.25) is 4.79 Å². The Morgan fingerprint density at radius 2 is 1.79 bits per heavy atom. The molecule has 33 heavy (non-hydrogen) atoms. The topological polar surface area (TPSA) is 61.4 Å². The van der Waals surface area contributed by atoms with Crippen molar-refractivity contribution in [2.45, 2.75) is 65.0 Å². The number of aliphatic hydroxyl groups excluding tert-OH is 1. The molecule has 2 aromatic rings. The first-order valence-electron chi connectivity index (χ1n) is 11.7. The zero-order chi connectivity index (χ0) is 24.1. The third-order valence-electron chi connectivity index (χ3n) is 5.42. The molecule has 3 rings (SSSR count). The number of benzene rings is 2. The molecule has 0 aliphatic heterocycles. The Balaban J connectivity index is 0.000000357. The predicted octanol–water partition coefficient (Wildman–Crippen LogP) is 4.98. The molecular formula is C27H36F2N2O2. The van der Waals surface area contributed by atoms with Gasteiger partial charge in [-0.2, -0.15) is 0 Å². The molecule has 0 heterocycles. The summed E-state index contributed by atoms with van der Waals surface area (Å²) in [5, 5.41) is 16.1. The van der Waals surface area contributed by atoms with Crippen molar-refractivity contribution in [1.82, 2.24) is 10.6 Å². The molecule has 0 aromatic heterocycles. The second kappa shape index (κ2) is 14.6. The number of nitrogens with one attached hydrogen (secondary N) is 2. The van der Waals surface area contributed by atoms with E-state index in [1.165, 1.54) is 41.7 Å². The maximum Gasteiger partial charge on any atom is 0.224 e. The van der Waals surface area contributed by atoms with E-state index in [2.05, 4.69) is 47.9 Å². The normalized spacial score (nSPS) is 14.0. The fraction of sp³-hybridized carbons (Fsp3) is 0.444. The zero-order valence-electron chi connectivity index (χ0n) is 19.7. The standard InChI is InChI=1S/C20H30N2O2.C7H6F2/c1-2-16-9-6-10-18(11-16)13-21-14-19(23)15-22-20(24)12-17-7-4-3-5-8-17;1-5-2-6(8)4-7(9)3-5/h6-7,9-11,19,21,23H,2-5,8,12-15H2,1H3,(H,22,24);2-4H,1H3. The summed E-state index contributed by atoms with van der Waals surface area (Å²) in [4.78, 5) is 11.9. The van der Waals surface area contributed by atoms with Gasteiger partial charge in [0, 0.05) is 32.1 Å².